The molecule has 4 aromatic carbocycles. The smallest absolute Gasteiger partial charge is 0.305 e. The molecule has 1 heterocycles. The van der Waals surface area contributed by atoms with Crippen molar-refractivity contribution < 1.29 is 38.8 Å². The monoisotopic (exact) mass is 708 g/mol. The van der Waals surface area contributed by atoms with Crippen molar-refractivity contribution in [2.45, 2.75) is 64.4 Å². The number of anilines is 1. The highest BCUT2D eigenvalue weighted by Crippen LogP contribution is 2.43. The van der Waals surface area contributed by atoms with Crippen LogP contribution in [0.25, 0.3) is 22.4 Å². The molecular weight excluding hydrogens is 663 g/mol. The van der Waals surface area contributed by atoms with Crippen molar-refractivity contribution in [3.05, 3.63) is 132 Å². The molecule has 5 aromatic rings. The lowest BCUT2D eigenvalue weighted by Crippen LogP contribution is -2.34. The molecule has 2 atom stereocenters. The Morgan fingerprint density at radius 1 is 0.827 bits per heavy atom. The summed E-state index contributed by atoms with van der Waals surface area (Å²) in [4.78, 5) is 28.0. The van der Waals surface area contributed by atoms with Crippen molar-refractivity contribution in [1.29, 1.82) is 0 Å². The maximum absolute atomic E-state index is 15.3. The van der Waals surface area contributed by atoms with E-state index in [0.29, 0.717) is 39.5 Å². The summed E-state index contributed by atoms with van der Waals surface area (Å²) in [6, 6.07) is 32.5. The lowest BCUT2D eigenvalue weighted by atomic mass is 9.94. The van der Waals surface area contributed by atoms with Gasteiger partial charge in [0.2, 0.25) is 0 Å². The normalized spacial score (nSPS) is 12.4. The quantitative estimate of drug-likeness (QED) is 0.0841. The number of ether oxygens (including phenoxy) is 2. The molecule has 9 nitrogen and oxygen atoms in total. The van der Waals surface area contributed by atoms with Crippen molar-refractivity contribution in [3.63, 3.8) is 0 Å². The third-order valence-electron chi connectivity index (χ3n) is 8.85. The van der Waals surface area contributed by atoms with Crippen LogP contribution in [-0.4, -0.2) is 57.8 Å². The Bertz CT molecular complexity index is 1910. The highest BCUT2D eigenvalue weighted by atomic mass is 19.1. The summed E-state index contributed by atoms with van der Waals surface area (Å²) < 4.78 is 27.9. The van der Waals surface area contributed by atoms with Gasteiger partial charge in [-0.2, -0.15) is 0 Å². The molecule has 3 N–H and O–H groups in total. The first-order valence-electron chi connectivity index (χ1n) is 17.3. The van der Waals surface area contributed by atoms with E-state index in [9.17, 15) is 19.4 Å². The third kappa shape index (κ3) is 9.33. The second kappa shape index (κ2) is 17.8. The van der Waals surface area contributed by atoms with Gasteiger partial charge in [-0.1, -0.05) is 74.5 Å². The molecule has 0 aliphatic carbocycles. The fourth-order valence-corrected chi connectivity index (χ4v) is 6.45. The van der Waals surface area contributed by atoms with Crippen molar-refractivity contribution >= 4 is 17.6 Å². The van der Waals surface area contributed by atoms with Crippen LogP contribution in [0.1, 0.15) is 60.6 Å². The first-order valence-corrected chi connectivity index (χ1v) is 17.3. The van der Waals surface area contributed by atoms with Crippen LogP contribution in [0.4, 0.5) is 10.1 Å². The Hall–Kier alpha value is -5.29. The SMILES string of the molecule is COc1ccc(N(COCc2ccccc2)C(=O)c2c(-c3ccccc3)c(-c3ccc(F)cc3)n(CC[C@@H](O)C[C@@H](O)CC(=O)O)c2C(C)C)cc1. The lowest BCUT2D eigenvalue weighted by molar-refractivity contribution is -0.139. The van der Waals surface area contributed by atoms with Crippen molar-refractivity contribution in [2.75, 3.05) is 18.7 Å². The Morgan fingerprint density at radius 3 is 2.06 bits per heavy atom. The molecule has 52 heavy (non-hydrogen) atoms. The molecule has 272 valence electrons. The van der Waals surface area contributed by atoms with E-state index in [4.69, 9.17) is 14.6 Å². The summed E-state index contributed by atoms with van der Waals surface area (Å²) in [5.74, 6) is -1.46. The van der Waals surface area contributed by atoms with Crippen LogP contribution >= 0.6 is 0 Å². The number of aliphatic carboxylic acids is 1. The van der Waals surface area contributed by atoms with Gasteiger partial charge < -0.3 is 29.4 Å². The molecule has 0 bridgehead atoms. The third-order valence-corrected chi connectivity index (χ3v) is 8.85. The van der Waals surface area contributed by atoms with Gasteiger partial charge in [0.05, 0.1) is 43.6 Å². The minimum Gasteiger partial charge on any atom is -0.497 e. The molecule has 0 unspecified atom stereocenters. The number of amides is 1. The number of carbonyl (C=O) groups is 2. The van der Waals surface area contributed by atoms with Gasteiger partial charge in [0.15, 0.2) is 0 Å². The number of carbonyl (C=O) groups excluding carboxylic acids is 1. The number of halogens is 1. The second-order valence-corrected chi connectivity index (χ2v) is 13.0. The maximum atomic E-state index is 15.3. The molecule has 1 amide bonds. The van der Waals surface area contributed by atoms with E-state index in [2.05, 4.69) is 0 Å². The molecule has 0 aliphatic heterocycles. The molecule has 0 fully saturated rings. The second-order valence-electron chi connectivity index (χ2n) is 13.0. The van der Waals surface area contributed by atoms with Gasteiger partial charge in [-0.05, 0) is 84.0 Å². The summed E-state index contributed by atoms with van der Waals surface area (Å²) in [5, 5.41) is 30.3. The first kappa shape index (κ1) is 38.0. The Balaban J connectivity index is 1.68. The van der Waals surface area contributed by atoms with Crippen LogP contribution in [0, 0.1) is 5.82 Å². The summed E-state index contributed by atoms with van der Waals surface area (Å²) in [6.45, 7) is 4.41. The molecule has 0 aliphatic rings. The van der Waals surface area contributed by atoms with Gasteiger partial charge in [-0.25, -0.2) is 4.39 Å². The number of aliphatic hydroxyl groups excluding tert-OH is 2. The molecule has 10 heteroatoms. The van der Waals surface area contributed by atoms with Gasteiger partial charge in [0.25, 0.3) is 5.91 Å². The summed E-state index contributed by atoms with van der Waals surface area (Å²) in [6.07, 6.45) is -2.70. The number of rotatable bonds is 17. The van der Waals surface area contributed by atoms with Gasteiger partial charge >= 0.3 is 5.97 Å². The van der Waals surface area contributed by atoms with E-state index in [1.165, 1.54) is 12.1 Å². The molecule has 1 aromatic heterocycles. The number of hydrogen-bond donors (Lipinski definition) is 3. The number of hydrogen-bond acceptors (Lipinski definition) is 6. The van der Waals surface area contributed by atoms with E-state index in [1.54, 1.807) is 48.4 Å². The van der Waals surface area contributed by atoms with E-state index >= 15 is 4.79 Å². The minimum absolute atomic E-state index is 0.0664. The highest BCUT2D eigenvalue weighted by molar-refractivity contribution is 6.13. The lowest BCUT2D eigenvalue weighted by Gasteiger charge is -2.25. The zero-order valence-electron chi connectivity index (χ0n) is 29.6. The predicted octanol–water partition coefficient (Wildman–Crippen LogP) is 7.89. The van der Waals surface area contributed by atoms with Gasteiger partial charge in [0, 0.05) is 23.5 Å². The van der Waals surface area contributed by atoms with Crippen LogP contribution in [0.15, 0.2) is 109 Å². The fourth-order valence-electron chi connectivity index (χ4n) is 6.45. The highest BCUT2D eigenvalue weighted by Gasteiger charge is 2.33. The van der Waals surface area contributed by atoms with Gasteiger partial charge in [-0.3, -0.25) is 14.5 Å². The molecule has 0 spiro atoms. The molecular formula is C42H45FN2O7. The number of methoxy groups -OCH3 is 1. The summed E-state index contributed by atoms with van der Waals surface area (Å²) >= 11 is 0. The van der Waals surface area contributed by atoms with Crippen molar-refractivity contribution in [3.8, 4) is 28.1 Å². The Morgan fingerprint density at radius 2 is 1.46 bits per heavy atom. The predicted molar refractivity (Wildman–Crippen MR) is 199 cm³/mol. The van der Waals surface area contributed by atoms with Gasteiger partial charge in [-0.15, -0.1) is 0 Å². The van der Waals surface area contributed by atoms with Crippen LogP contribution in [0.2, 0.25) is 0 Å². The number of aliphatic hydroxyl groups is 2. The molecule has 0 saturated carbocycles. The zero-order valence-corrected chi connectivity index (χ0v) is 29.6. The Kier molecular flexibility index (Phi) is 13.0. The number of carboxylic acid groups (broad SMARTS) is 1. The number of aromatic nitrogens is 1. The van der Waals surface area contributed by atoms with Crippen molar-refractivity contribution in [2.24, 2.45) is 0 Å². The average molecular weight is 709 g/mol. The number of nitrogens with zero attached hydrogens (tertiary/aromatic N) is 2. The van der Waals surface area contributed by atoms with E-state index in [-0.39, 0.29) is 44.5 Å². The topological polar surface area (TPSA) is 121 Å². The van der Waals surface area contributed by atoms with Crippen LogP contribution in [0.3, 0.4) is 0 Å². The Labute approximate surface area is 303 Å². The van der Waals surface area contributed by atoms with Crippen LogP contribution < -0.4 is 9.64 Å². The largest absolute Gasteiger partial charge is 0.497 e. The maximum Gasteiger partial charge on any atom is 0.305 e. The number of carboxylic acids is 1. The number of benzene rings is 4. The van der Waals surface area contributed by atoms with E-state index in [1.807, 2.05) is 79.1 Å². The van der Waals surface area contributed by atoms with E-state index in [0.717, 1.165) is 11.1 Å². The average Bonchev–Trinajstić information content (AvgIpc) is 3.48. The molecule has 0 saturated heterocycles. The van der Waals surface area contributed by atoms with Gasteiger partial charge in [0.1, 0.15) is 18.3 Å². The molecule has 5 rings (SSSR count). The standard InChI is InChI=1S/C42H45FN2O7/c1-28(2)40-39(42(50)45(33-18-20-36(51-3)21-19-33)27-52-26-29-10-6-4-7-11-29)38(30-12-8-5-9-13-30)41(31-14-16-32(43)17-15-31)44(40)23-22-34(46)24-35(47)25-37(48)49/h4-21,28,34-35,46-47H,22-27H2,1-3H3,(H,48,49)/t34-,35-/m1/s1. The summed E-state index contributed by atoms with van der Waals surface area (Å²) in [7, 11) is 1.57. The fraction of sp³-hybridized carbons (Fsp3) is 0.286. The van der Waals surface area contributed by atoms with E-state index < -0.39 is 30.4 Å². The minimum atomic E-state index is -1.22. The van der Waals surface area contributed by atoms with Crippen LogP contribution in [0.5, 0.6) is 5.75 Å². The van der Waals surface area contributed by atoms with Crippen LogP contribution in [-0.2, 0) is 22.7 Å². The zero-order chi connectivity index (χ0) is 37.2. The molecule has 0 radical (unpaired) electrons. The van der Waals surface area contributed by atoms with Crippen molar-refractivity contribution in [1.82, 2.24) is 4.57 Å². The first-order chi connectivity index (χ1) is 25.1. The summed E-state index contributed by atoms with van der Waals surface area (Å²) in [5.41, 5.74) is 5.41.